The molecule has 0 aromatic carbocycles. The fourth-order valence-corrected chi connectivity index (χ4v) is 0.731. The van der Waals surface area contributed by atoms with Gasteiger partial charge in [-0.15, -0.1) is 0 Å². The molecule has 1 aromatic rings. The molecule has 0 saturated heterocycles. The van der Waals surface area contributed by atoms with E-state index in [2.05, 4.69) is 20.3 Å². The van der Waals surface area contributed by atoms with Crippen molar-refractivity contribution < 1.29 is 43.9 Å². The van der Waals surface area contributed by atoms with Crippen LogP contribution in [-0.2, 0) is 0 Å². The zero-order valence-electron chi connectivity index (χ0n) is 5.26. The molecule has 0 aliphatic rings. The van der Waals surface area contributed by atoms with Crippen LogP contribution >= 0.6 is 15.9 Å². The van der Waals surface area contributed by atoms with E-state index in [1.807, 2.05) is 0 Å². The van der Waals surface area contributed by atoms with Crippen LogP contribution in [-0.4, -0.2) is 5.97 Å². The van der Waals surface area contributed by atoms with Crippen molar-refractivity contribution in [1.29, 1.82) is 0 Å². The second-order valence-corrected chi connectivity index (χ2v) is 2.17. The Hall–Kier alpha value is 0.230. The summed E-state index contributed by atoms with van der Waals surface area (Å²) in [6.07, 6.45) is 0. The number of hydrogen-bond acceptors (Lipinski definition) is 3. The van der Waals surface area contributed by atoms with Crippen molar-refractivity contribution >= 4 is 21.9 Å². The van der Waals surface area contributed by atoms with Gasteiger partial charge in [-0.3, -0.25) is 0 Å². The molecule has 1 rings (SSSR count). The summed E-state index contributed by atoms with van der Waals surface area (Å²) in [5.41, 5.74) is 0. The summed E-state index contributed by atoms with van der Waals surface area (Å²) in [5, 5.41) is 9.99. The maximum atomic E-state index is 9.99. The molecular formula is C5H2BrNaO3. The van der Waals surface area contributed by atoms with Crippen molar-refractivity contribution in [3.05, 3.63) is 22.6 Å². The third kappa shape index (κ3) is 2.46. The molecule has 0 radical (unpaired) electrons. The van der Waals surface area contributed by atoms with Crippen molar-refractivity contribution in [3.8, 4) is 0 Å². The van der Waals surface area contributed by atoms with Gasteiger partial charge in [-0.1, -0.05) is 0 Å². The number of carbonyl (C=O) groups excluding carboxylic acids is 1. The molecule has 3 nitrogen and oxygen atoms in total. The van der Waals surface area contributed by atoms with Crippen LogP contribution in [0.3, 0.4) is 0 Å². The molecular weight excluding hydrogens is 211 g/mol. The Morgan fingerprint density at radius 1 is 1.60 bits per heavy atom. The van der Waals surface area contributed by atoms with Crippen LogP contribution in [0.5, 0.6) is 0 Å². The molecule has 0 atom stereocenters. The number of hydrogen-bond donors (Lipinski definition) is 0. The molecule has 10 heavy (non-hydrogen) atoms. The van der Waals surface area contributed by atoms with E-state index < -0.39 is 5.97 Å². The quantitative estimate of drug-likeness (QED) is 0.481. The van der Waals surface area contributed by atoms with E-state index in [0.717, 1.165) is 0 Å². The summed E-state index contributed by atoms with van der Waals surface area (Å²) in [7, 11) is 0. The Kier molecular flexibility index (Phi) is 4.28. The molecule has 48 valence electrons. The molecule has 0 saturated carbocycles. The monoisotopic (exact) mass is 212 g/mol. The van der Waals surface area contributed by atoms with Crippen LogP contribution in [0.25, 0.3) is 0 Å². The van der Waals surface area contributed by atoms with Gasteiger partial charge >= 0.3 is 29.6 Å². The molecule has 0 aliphatic heterocycles. The second kappa shape index (κ2) is 4.18. The van der Waals surface area contributed by atoms with Crippen LogP contribution in [0.4, 0.5) is 0 Å². The van der Waals surface area contributed by atoms with Crippen molar-refractivity contribution in [2.75, 3.05) is 0 Å². The van der Waals surface area contributed by atoms with Gasteiger partial charge in [-0.2, -0.15) is 0 Å². The van der Waals surface area contributed by atoms with E-state index in [1.54, 1.807) is 0 Å². The first-order valence-corrected chi connectivity index (χ1v) is 2.96. The summed E-state index contributed by atoms with van der Waals surface area (Å²) in [6.45, 7) is 0. The molecule has 0 N–H and O–H groups in total. The van der Waals surface area contributed by atoms with Gasteiger partial charge in [0.05, 0.1) is 0 Å². The van der Waals surface area contributed by atoms with Gasteiger partial charge in [0.15, 0.2) is 10.4 Å². The fourth-order valence-electron chi connectivity index (χ4n) is 0.424. The standard InChI is InChI=1S/C5H3BrO3.Na/c6-4-2-1-3(9-4)5(7)8;/h1-2H,(H,7,8);/q;+1/p-1. The number of carboxylic acids is 1. The van der Waals surface area contributed by atoms with Gasteiger partial charge in [0.25, 0.3) is 0 Å². The Morgan fingerprint density at radius 2 is 2.20 bits per heavy atom. The van der Waals surface area contributed by atoms with Crippen molar-refractivity contribution in [2.24, 2.45) is 0 Å². The molecule has 1 aromatic heterocycles. The number of rotatable bonds is 1. The Labute approximate surface area is 87.8 Å². The van der Waals surface area contributed by atoms with E-state index in [0.29, 0.717) is 4.67 Å². The van der Waals surface area contributed by atoms with Gasteiger partial charge in [-0.25, -0.2) is 0 Å². The fraction of sp³-hybridized carbons (Fsp3) is 0. The summed E-state index contributed by atoms with van der Waals surface area (Å²) in [4.78, 5) is 9.99. The van der Waals surface area contributed by atoms with Crippen LogP contribution in [0.15, 0.2) is 21.2 Å². The zero-order chi connectivity index (χ0) is 6.85. The zero-order valence-corrected chi connectivity index (χ0v) is 8.84. The first kappa shape index (κ1) is 10.2. The van der Waals surface area contributed by atoms with E-state index in [-0.39, 0.29) is 35.3 Å². The molecule has 0 aliphatic carbocycles. The van der Waals surface area contributed by atoms with Gasteiger partial charge < -0.3 is 14.3 Å². The Balaban J connectivity index is 0.000000810. The molecule has 0 unspecified atom stereocenters. The maximum absolute atomic E-state index is 9.99. The number of aromatic carboxylic acids is 1. The largest absolute Gasteiger partial charge is 1.00 e. The van der Waals surface area contributed by atoms with E-state index in [4.69, 9.17) is 0 Å². The van der Waals surface area contributed by atoms with Crippen LogP contribution in [0.2, 0.25) is 0 Å². The number of carboxylic acid groups (broad SMARTS) is 1. The number of carbonyl (C=O) groups is 1. The topological polar surface area (TPSA) is 53.3 Å². The molecule has 1 heterocycles. The molecule has 0 fully saturated rings. The van der Waals surface area contributed by atoms with Crippen LogP contribution in [0, 0.1) is 0 Å². The van der Waals surface area contributed by atoms with Crippen LogP contribution < -0.4 is 34.7 Å². The van der Waals surface area contributed by atoms with E-state index in [9.17, 15) is 9.90 Å². The minimum atomic E-state index is -1.30. The summed E-state index contributed by atoms with van der Waals surface area (Å²) in [6, 6.07) is 2.81. The predicted molar refractivity (Wildman–Crippen MR) is 30.7 cm³/mol. The minimum Gasteiger partial charge on any atom is -0.542 e. The molecule has 0 spiro atoms. The van der Waals surface area contributed by atoms with Gasteiger partial charge in [0, 0.05) is 0 Å². The van der Waals surface area contributed by atoms with Crippen molar-refractivity contribution in [1.82, 2.24) is 0 Å². The second-order valence-electron chi connectivity index (χ2n) is 1.39. The predicted octanol–water partition coefficient (Wildman–Crippen LogP) is -2.59. The summed E-state index contributed by atoms with van der Waals surface area (Å²) < 4.78 is 4.99. The summed E-state index contributed by atoms with van der Waals surface area (Å²) in [5.74, 6) is -1.47. The average Bonchev–Trinajstić information content (AvgIpc) is 2.14. The van der Waals surface area contributed by atoms with Crippen LogP contribution in [0.1, 0.15) is 10.6 Å². The van der Waals surface area contributed by atoms with Gasteiger partial charge in [0.2, 0.25) is 0 Å². The maximum Gasteiger partial charge on any atom is 1.00 e. The third-order valence-electron chi connectivity index (χ3n) is 0.774. The average molecular weight is 213 g/mol. The molecule has 5 heteroatoms. The van der Waals surface area contributed by atoms with E-state index in [1.165, 1.54) is 12.1 Å². The molecule has 0 bridgehead atoms. The Morgan fingerprint density at radius 3 is 2.40 bits per heavy atom. The number of furan rings is 1. The van der Waals surface area contributed by atoms with Gasteiger partial charge in [-0.05, 0) is 28.1 Å². The van der Waals surface area contributed by atoms with Crippen molar-refractivity contribution in [3.63, 3.8) is 0 Å². The first-order chi connectivity index (χ1) is 4.20. The first-order valence-electron chi connectivity index (χ1n) is 2.17. The van der Waals surface area contributed by atoms with E-state index >= 15 is 0 Å². The normalized spacial score (nSPS) is 8.50. The SMILES string of the molecule is O=C([O-])c1ccc(Br)o1.[Na+]. The smallest absolute Gasteiger partial charge is 0.542 e. The summed E-state index contributed by atoms with van der Waals surface area (Å²) >= 11 is 2.94. The number of halogens is 1. The van der Waals surface area contributed by atoms with Gasteiger partial charge in [0.1, 0.15) is 5.97 Å². The van der Waals surface area contributed by atoms with Crippen molar-refractivity contribution in [2.45, 2.75) is 0 Å². The minimum absolute atomic E-state index is 0. The Bertz CT molecular complexity index is 233. The third-order valence-corrected chi connectivity index (χ3v) is 1.20. The molecule has 0 amide bonds.